The fourth-order valence-corrected chi connectivity index (χ4v) is 1.52. The molecule has 1 amide bonds. The van der Waals surface area contributed by atoms with Crippen molar-refractivity contribution in [1.82, 2.24) is 10.3 Å². The summed E-state index contributed by atoms with van der Waals surface area (Å²) in [6, 6.07) is 2.40. The SMILES string of the molecule is CC(C)(C)OC(=O)NCC(O)C(O)c1ccc([N+](=O)[O-])nc1. The molecule has 0 aliphatic rings. The van der Waals surface area contributed by atoms with Crippen molar-refractivity contribution in [2.75, 3.05) is 6.54 Å². The van der Waals surface area contributed by atoms with Crippen molar-refractivity contribution in [3.05, 3.63) is 34.0 Å². The lowest BCUT2D eigenvalue weighted by Crippen LogP contribution is -2.38. The van der Waals surface area contributed by atoms with Crippen LogP contribution in [-0.2, 0) is 4.74 Å². The molecule has 0 aliphatic heterocycles. The van der Waals surface area contributed by atoms with Gasteiger partial charge in [0.2, 0.25) is 0 Å². The van der Waals surface area contributed by atoms with Crippen LogP contribution in [0, 0.1) is 10.1 Å². The van der Waals surface area contributed by atoms with Crippen LogP contribution in [0.15, 0.2) is 18.3 Å². The van der Waals surface area contributed by atoms with Crippen LogP contribution in [0.5, 0.6) is 0 Å². The first kappa shape index (κ1) is 17.8. The first-order valence-corrected chi connectivity index (χ1v) is 6.53. The Bertz CT molecular complexity index is 526. The molecule has 1 heterocycles. The van der Waals surface area contributed by atoms with Crippen LogP contribution in [0.4, 0.5) is 10.6 Å². The molecule has 0 aromatic carbocycles. The summed E-state index contributed by atoms with van der Waals surface area (Å²) >= 11 is 0. The maximum absolute atomic E-state index is 11.4. The van der Waals surface area contributed by atoms with Crippen molar-refractivity contribution < 1.29 is 24.7 Å². The largest absolute Gasteiger partial charge is 0.444 e. The lowest BCUT2D eigenvalue weighted by Gasteiger charge is -2.22. The Balaban J connectivity index is 2.56. The zero-order valence-electron chi connectivity index (χ0n) is 12.5. The molecule has 2 unspecified atom stereocenters. The fraction of sp³-hybridized carbons (Fsp3) is 0.538. The Labute approximate surface area is 127 Å². The molecule has 122 valence electrons. The number of hydrogen-bond acceptors (Lipinski definition) is 7. The number of nitrogens with zero attached hydrogens (tertiary/aromatic N) is 2. The summed E-state index contributed by atoms with van der Waals surface area (Å²) in [6.07, 6.45) is -2.28. The molecule has 0 saturated carbocycles. The highest BCUT2D eigenvalue weighted by molar-refractivity contribution is 5.67. The van der Waals surface area contributed by atoms with E-state index < -0.39 is 28.8 Å². The van der Waals surface area contributed by atoms with E-state index in [0.29, 0.717) is 0 Å². The van der Waals surface area contributed by atoms with Gasteiger partial charge in [-0.05, 0) is 36.7 Å². The minimum Gasteiger partial charge on any atom is -0.444 e. The van der Waals surface area contributed by atoms with Crippen LogP contribution in [0.2, 0.25) is 0 Å². The number of alkyl carbamates (subject to hydrolysis) is 1. The van der Waals surface area contributed by atoms with E-state index in [0.717, 1.165) is 12.3 Å². The van der Waals surface area contributed by atoms with E-state index in [2.05, 4.69) is 10.3 Å². The molecule has 3 N–H and O–H groups in total. The van der Waals surface area contributed by atoms with Gasteiger partial charge in [-0.25, -0.2) is 4.79 Å². The Kier molecular flexibility index (Phi) is 5.77. The fourth-order valence-electron chi connectivity index (χ4n) is 1.52. The molecule has 9 heteroatoms. The van der Waals surface area contributed by atoms with Gasteiger partial charge in [0.25, 0.3) is 0 Å². The van der Waals surface area contributed by atoms with Gasteiger partial charge in [0.15, 0.2) is 0 Å². The summed E-state index contributed by atoms with van der Waals surface area (Å²) in [5.41, 5.74) is -0.472. The van der Waals surface area contributed by atoms with Gasteiger partial charge in [-0.2, -0.15) is 0 Å². The van der Waals surface area contributed by atoms with Crippen molar-refractivity contribution in [3.8, 4) is 0 Å². The summed E-state index contributed by atoms with van der Waals surface area (Å²) in [4.78, 5) is 24.8. The number of aliphatic hydroxyl groups excluding tert-OH is 2. The molecular weight excluding hydrogens is 294 g/mol. The van der Waals surface area contributed by atoms with Crippen molar-refractivity contribution >= 4 is 11.9 Å². The van der Waals surface area contributed by atoms with E-state index in [-0.39, 0.29) is 17.9 Å². The minimum absolute atomic E-state index is 0.198. The number of ether oxygens (including phenoxy) is 1. The average Bonchev–Trinajstić information content (AvgIpc) is 2.42. The third kappa shape index (κ3) is 5.62. The number of hydrogen-bond donors (Lipinski definition) is 3. The van der Waals surface area contributed by atoms with Crippen LogP contribution < -0.4 is 5.32 Å². The summed E-state index contributed by atoms with van der Waals surface area (Å²) in [5, 5.41) is 32.5. The Morgan fingerprint density at radius 3 is 2.55 bits per heavy atom. The Morgan fingerprint density at radius 2 is 2.09 bits per heavy atom. The molecule has 0 radical (unpaired) electrons. The Hall–Kier alpha value is -2.26. The predicted molar refractivity (Wildman–Crippen MR) is 76.1 cm³/mol. The van der Waals surface area contributed by atoms with Gasteiger partial charge in [0.1, 0.15) is 24.0 Å². The molecule has 22 heavy (non-hydrogen) atoms. The highest BCUT2D eigenvalue weighted by atomic mass is 16.6. The molecule has 1 aromatic heterocycles. The summed E-state index contributed by atoms with van der Waals surface area (Å²) < 4.78 is 4.99. The number of rotatable bonds is 5. The second kappa shape index (κ2) is 7.14. The van der Waals surface area contributed by atoms with Crippen molar-refractivity contribution in [3.63, 3.8) is 0 Å². The lowest BCUT2D eigenvalue weighted by atomic mass is 10.1. The number of carbonyl (C=O) groups excluding carboxylic acids is 1. The number of aromatic nitrogens is 1. The molecule has 0 aliphatic carbocycles. The first-order chi connectivity index (χ1) is 10.1. The summed E-state index contributed by atoms with van der Waals surface area (Å²) in [5.74, 6) is -0.364. The molecule has 1 rings (SSSR count). The normalized spacial score (nSPS) is 14.0. The van der Waals surface area contributed by atoms with Crippen molar-refractivity contribution in [2.24, 2.45) is 0 Å². The van der Waals surface area contributed by atoms with Crippen LogP contribution in [0.25, 0.3) is 0 Å². The molecule has 0 spiro atoms. The highest BCUT2D eigenvalue weighted by Crippen LogP contribution is 2.18. The van der Waals surface area contributed by atoms with Gasteiger partial charge in [-0.15, -0.1) is 0 Å². The maximum Gasteiger partial charge on any atom is 0.407 e. The molecule has 1 aromatic rings. The van der Waals surface area contributed by atoms with Gasteiger partial charge < -0.3 is 30.4 Å². The molecule has 2 atom stereocenters. The first-order valence-electron chi connectivity index (χ1n) is 6.53. The van der Waals surface area contributed by atoms with Gasteiger partial charge in [0, 0.05) is 18.2 Å². The van der Waals surface area contributed by atoms with E-state index >= 15 is 0 Å². The van der Waals surface area contributed by atoms with E-state index in [1.54, 1.807) is 20.8 Å². The zero-order chi connectivity index (χ0) is 16.9. The van der Waals surface area contributed by atoms with Gasteiger partial charge in [0.05, 0.1) is 0 Å². The predicted octanol–water partition coefficient (Wildman–Crippen LogP) is 0.909. The van der Waals surface area contributed by atoms with Gasteiger partial charge >= 0.3 is 11.9 Å². The molecule has 0 saturated heterocycles. The number of amides is 1. The van der Waals surface area contributed by atoms with Crippen molar-refractivity contribution in [2.45, 2.75) is 38.6 Å². The second-order valence-corrected chi connectivity index (χ2v) is 5.60. The minimum atomic E-state index is -1.34. The maximum atomic E-state index is 11.4. The van der Waals surface area contributed by atoms with Gasteiger partial charge in [-0.3, -0.25) is 0 Å². The van der Waals surface area contributed by atoms with Crippen LogP contribution >= 0.6 is 0 Å². The van der Waals surface area contributed by atoms with E-state index in [1.807, 2.05) is 0 Å². The Morgan fingerprint density at radius 1 is 1.45 bits per heavy atom. The number of aliphatic hydroxyl groups is 2. The summed E-state index contributed by atoms with van der Waals surface area (Å²) in [7, 11) is 0. The lowest BCUT2D eigenvalue weighted by molar-refractivity contribution is -0.389. The van der Waals surface area contributed by atoms with Crippen LogP contribution in [-0.4, -0.2) is 44.5 Å². The number of nitro groups is 1. The van der Waals surface area contributed by atoms with Crippen LogP contribution in [0.1, 0.15) is 32.4 Å². The second-order valence-electron chi connectivity index (χ2n) is 5.60. The van der Waals surface area contributed by atoms with E-state index in [4.69, 9.17) is 4.74 Å². The van der Waals surface area contributed by atoms with Crippen LogP contribution in [0.3, 0.4) is 0 Å². The van der Waals surface area contributed by atoms with E-state index in [9.17, 15) is 25.1 Å². The summed E-state index contributed by atoms with van der Waals surface area (Å²) in [6.45, 7) is 4.84. The number of pyridine rings is 1. The van der Waals surface area contributed by atoms with E-state index in [1.165, 1.54) is 6.07 Å². The standard InChI is InChI=1S/C13H19N3O6/c1-13(2,3)22-12(19)15-7-9(17)11(18)8-4-5-10(14-6-8)16(20)21/h4-6,9,11,17-18H,7H2,1-3H3,(H,15,19). The molecule has 9 nitrogen and oxygen atoms in total. The number of carbonyl (C=O) groups is 1. The van der Waals surface area contributed by atoms with Crippen molar-refractivity contribution in [1.29, 1.82) is 0 Å². The molecular formula is C13H19N3O6. The van der Waals surface area contributed by atoms with Gasteiger partial charge in [-0.1, -0.05) is 0 Å². The third-order valence-corrected chi connectivity index (χ3v) is 2.52. The quantitative estimate of drug-likeness (QED) is 0.543. The highest BCUT2D eigenvalue weighted by Gasteiger charge is 2.23. The smallest absolute Gasteiger partial charge is 0.407 e. The number of nitrogens with one attached hydrogen (secondary N) is 1. The molecule has 0 fully saturated rings. The topological polar surface area (TPSA) is 135 Å². The zero-order valence-corrected chi connectivity index (χ0v) is 12.5. The average molecular weight is 313 g/mol. The monoisotopic (exact) mass is 313 g/mol. The third-order valence-electron chi connectivity index (χ3n) is 2.52. The molecule has 0 bridgehead atoms.